The van der Waals surface area contributed by atoms with E-state index in [1.807, 2.05) is 12.1 Å². The van der Waals surface area contributed by atoms with Crippen LogP contribution in [0.1, 0.15) is 24.5 Å². The molecule has 1 aliphatic rings. The lowest BCUT2D eigenvalue weighted by atomic mass is 10.1. The van der Waals surface area contributed by atoms with E-state index < -0.39 is 0 Å². The number of nitrogens with one attached hydrogen (secondary N) is 1. The molecule has 0 unspecified atom stereocenters. The van der Waals surface area contributed by atoms with Crippen molar-refractivity contribution in [1.29, 1.82) is 0 Å². The number of fused-ring (bicyclic) bond motifs is 1. The summed E-state index contributed by atoms with van der Waals surface area (Å²) in [6, 6.07) is 5.56. The molecule has 2 aromatic rings. The van der Waals surface area contributed by atoms with Crippen molar-refractivity contribution in [3.05, 3.63) is 43.1 Å². The fourth-order valence-electron chi connectivity index (χ4n) is 1.92. The van der Waals surface area contributed by atoms with E-state index in [1.165, 1.54) is 12.8 Å². The number of benzene rings is 1. The van der Waals surface area contributed by atoms with Gasteiger partial charge in [-0.25, -0.2) is 0 Å². The average Bonchev–Trinajstić information content (AvgIpc) is 3.06. The molecule has 0 amide bonds. The maximum atomic E-state index is 12.0. The van der Waals surface area contributed by atoms with Crippen LogP contribution in [-0.4, -0.2) is 4.98 Å². The Morgan fingerprint density at radius 1 is 1.19 bits per heavy atom. The summed E-state index contributed by atoms with van der Waals surface area (Å²) in [6.07, 6.45) is 2.38. The van der Waals surface area contributed by atoms with E-state index >= 15 is 0 Å². The van der Waals surface area contributed by atoms with E-state index in [4.69, 9.17) is 0 Å². The topological polar surface area (TPSA) is 32.9 Å². The number of aromatic nitrogens is 1. The van der Waals surface area contributed by atoms with E-state index in [1.54, 1.807) is 6.07 Å². The Morgan fingerprint density at radius 3 is 2.56 bits per heavy atom. The Balaban J connectivity index is 2.41. The molecular formula is C12H9Br2NO. The Labute approximate surface area is 109 Å². The van der Waals surface area contributed by atoms with Crippen LogP contribution in [0.2, 0.25) is 0 Å². The van der Waals surface area contributed by atoms with E-state index in [0.29, 0.717) is 5.92 Å². The van der Waals surface area contributed by atoms with Gasteiger partial charge in [-0.2, -0.15) is 0 Å². The predicted octanol–water partition coefficient (Wildman–Crippen LogP) is 3.93. The summed E-state index contributed by atoms with van der Waals surface area (Å²) in [5.41, 5.74) is 2.05. The molecule has 16 heavy (non-hydrogen) atoms. The highest BCUT2D eigenvalue weighted by Crippen LogP contribution is 2.39. The van der Waals surface area contributed by atoms with Crippen LogP contribution in [0.4, 0.5) is 0 Å². The standard InChI is InChI=1S/C12H9Br2NO/c13-7-3-4-8(14)12-11(7)10(16)5-9(15-12)6-1-2-6/h3-6H,1-2H2,(H,15,16). The van der Waals surface area contributed by atoms with Crippen LogP contribution < -0.4 is 5.43 Å². The first-order chi connectivity index (χ1) is 7.66. The first kappa shape index (κ1) is 10.5. The molecule has 0 bridgehead atoms. The third-order valence-electron chi connectivity index (χ3n) is 2.92. The number of rotatable bonds is 1. The quantitative estimate of drug-likeness (QED) is 0.836. The molecule has 0 aliphatic heterocycles. The van der Waals surface area contributed by atoms with Crippen LogP contribution in [0, 0.1) is 0 Å². The minimum Gasteiger partial charge on any atom is -0.357 e. The monoisotopic (exact) mass is 341 g/mol. The van der Waals surface area contributed by atoms with Crippen molar-refractivity contribution in [2.45, 2.75) is 18.8 Å². The maximum Gasteiger partial charge on any atom is 0.190 e. The van der Waals surface area contributed by atoms with Crippen molar-refractivity contribution in [3.63, 3.8) is 0 Å². The third-order valence-corrected chi connectivity index (χ3v) is 4.24. The molecule has 0 spiro atoms. The number of pyridine rings is 1. The molecule has 1 aromatic heterocycles. The van der Waals surface area contributed by atoms with Crippen LogP contribution >= 0.6 is 31.9 Å². The number of aromatic amines is 1. The Hall–Kier alpha value is -0.610. The molecule has 0 saturated heterocycles. The van der Waals surface area contributed by atoms with Gasteiger partial charge in [0.1, 0.15) is 0 Å². The molecule has 1 fully saturated rings. The van der Waals surface area contributed by atoms with Crippen LogP contribution in [0.3, 0.4) is 0 Å². The van der Waals surface area contributed by atoms with Crippen molar-refractivity contribution >= 4 is 42.8 Å². The van der Waals surface area contributed by atoms with Gasteiger partial charge in [0.25, 0.3) is 0 Å². The number of hydrogen-bond donors (Lipinski definition) is 1. The number of H-pyrrole nitrogens is 1. The van der Waals surface area contributed by atoms with Crippen LogP contribution in [0.25, 0.3) is 10.9 Å². The van der Waals surface area contributed by atoms with Gasteiger partial charge >= 0.3 is 0 Å². The summed E-state index contributed by atoms with van der Waals surface area (Å²) in [4.78, 5) is 15.4. The van der Waals surface area contributed by atoms with Crippen molar-refractivity contribution < 1.29 is 0 Å². The van der Waals surface area contributed by atoms with Gasteiger partial charge in [0.15, 0.2) is 5.43 Å². The molecule has 1 aromatic carbocycles. The predicted molar refractivity (Wildman–Crippen MR) is 71.9 cm³/mol. The maximum absolute atomic E-state index is 12.0. The SMILES string of the molecule is O=c1cc(C2CC2)[nH]c2c(Br)ccc(Br)c12. The van der Waals surface area contributed by atoms with Gasteiger partial charge in [-0.1, -0.05) is 0 Å². The smallest absolute Gasteiger partial charge is 0.190 e. The third kappa shape index (κ3) is 1.64. The van der Waals surface area contributed by atoms with Gasteiger partial charge in [-0.3, -0.25) is 4.79 Å². The first-order valence-electron chi connectivity index (χ1n) is 5.18. The van der Waals surface area contributed by atoms with Crippen LogP contribution in [0.15, 0.2) is 31.9 Å². The molecule has 2 nitrogen and oxygen atoms in total. The Kier molecular flexibility index (Phi) is 2.44. The number of hydrogen-bond acceptors (Lipinski definition) is 1. The molecule has 4 heteroatoms. The lowest BCUT2D eigenvalue weighted by Crippen LogP contribution is -2.05. The first-order valence-corrected chi connectivity index (χ1v) is 6.76. The minimum absolute atomic E-state index is 0.0869. The van der Waals surface area contributed by atoms with Crippen molar-refractivity contribution in [3.8, 4) is 0 Å². The summed E-state index contributed by atoms with van der Waals surface area (Å²) in [5.74, 6) is 0.558. The molecule has 0 radical (unpaired) electrons. The van der Waals surface area contributed by atoms with Crippen LogP contribution in [0.5, 0.6) is 0 Å². The minimum atomic E-state index is 0.0869. The molecule has 3 rings (SSSR count). The van der Waals surface area contributed by atoms with Gasteiger partial charge in [0, 0.05) is 20.7 Å². The Bertz CT molecular complexity index is 629. The summed E-state index contributed by atoms with van der Waals surface area (Å²) >= 11 is 6.90. The molecule has 1 heterocycles. The van der Waals surface area contributed by atoms with Crippen LogP contribution in [-0.2, 0) is 0 Å². The van der Waals surface area contributed by atoms with Gasteiger partial charge < -0.3 is 4.98 Å². The zero-order valence-corrected chi connectivity index (χ0v) is 11.6. The second-order valence-electron chi connectivity index (χ2n) is 4.14. The molecular weight excluding hydrogens is 334 g/mol. The highest BCUT2D eigenvalue weighted by atomic mass is 79.9. The van der Waals surface area contributed by atoms with Crippen molar-refractivity contribution in [2.75, 3.05) is 0 Å². The lowest BCUT2D eigenvalue weighted by molar-refractivity contribution is 1.04. The highest BCUT2D eigenvalue weighted by Gasteiger charge is 2.25. The van der Waals surface area contributed by atoms with Gasteiger partial charge in [0.05, 0.1) is 10.9 Å². The van der Waals surface area contributed by atoms with Gasteiger partial charge in [-0.05, 0) is 62.8 Å². The summed E-state index contributed by atoms with van der Waals surface area (Å²) in [6.45, 7) is 0. The molecule has 0 atom stereocenters. The van der Waals surface area contributed by atoms with Crippen molar-refractivity contribution in [2.24, 2.45) is 0 Å². The summed E-state index contributed by atoms with van der Waals surface area (Å²) < 4.78 is 1.78. The lowest BCUT2D eigenvalue weighted by Gasteiger charge is -2.06. The zero-order chi connectivity index (χ0) is 11.3. The number of halogens is 2. The highest BCUT2D eigenvalue weighted by molar-refractivity contribution is 9.11. The van der Waals surface area contributed by atoms with E-state index in [0.717, 1.165) is 25.5 Å². The fourth-order valence-corrected chi connectivity index (χ4v) is 2.88. The second-order valence-corrected chi connectivity index (χ2v) is 5.85. The summed E-state index contributed by atoms with van der Waals surface area (Å²) in [5, 5.41) is 0.721. The zero-order valence-electron chi connectivity index (χ0n) is 8.39. The molecule has 1 aliphatic carbocycles. The van der Waals surface area contributed by atoms with E-state index in [2.05, 4.69) is 36.8 Å². The van der Waals surface area contributed by atoms with E-state index in [9.17, 15) is 4.79 Å². The Morgan fingerprint density at radius 2 is 1.88 bits per heavy atom. The second kappa shape index (κ2) is 3.70. The molecule has 82 valence electrons. The fraction of sp³-hybridized carbons (Fsp3) is 0.250. The summed E-state index contributed by atoms with van der Waals surface area (Å²) in [7, 11) is 0. The van der Waals surface area contributed by atoms with E-state index in [-0.39, 0.29) is 5.43 Å². The normalized spacial score (nSPS) is 15.6. The van der Waals surface area contributed by atoms with Crippen molar-refractivity contribution in [1.82, 2.24) is 4.98 Å². The largest absolute Gasteiger partial charge is 0.357 e. The average molecular weight is 343 g/mol. The molecule has 1 N–H and O–H groups in total. The van der Waals surface area contributed by atoms with Gasteiger partial charge in [-0.15, -0.1) is 0 Å². The van der Waals surface area contributed by atoms with Gasteiger partial charge in [0.2, 0.25) is 0 Å². The molecule has 1 saturated carbocycles.